The van der Waals surface area contributed by atoms with Gasteiger partial charge < -0.3 is 14.1 Å². The van der Waals surface area contributed by atoms with E-state index in [-0.39, 0.29) is 0 Å². The largest absolute Gasteiger partial charge is 0.465 e. The number of nitrogens with zero attached hydrogens (tertiary/aromatic N) is 2. The van der Waals surface area contributed by atoms with E-state index < -0.39 is 0 Å². The molecule has 1 aromatic heterocycles. The van der Waals surface area contributed by atoms with Crippen molar-refractivity contribution >= 4 is 0 Å². The Bertz CT molecular complexity index is 435. The molecule has 4 nitrogen and oxygen atoms in total. The molecule has 3 heterocycles. The number of hydrogen-bond donors (Lipinski definition) is 0. The van der Waals surface area contributed by atoms with Gasteiger partial charge in [0, 0.05) is 25.0 Å². The Kier molecular flexibility index (Phi) is 3.41. The summed E-state index contributed by atoms with van der Waals surface area (Å²) in [7, 11) is 4.22. The van der Waals surface area contributed by atoms with Crippen LogP contribution in [0.15, 0.2) is 16.5 Å². The molecule has 1 spiro atoms. The number of rotatable bonds is 4. The van der Waals surface area contributed by atoms with Crippen molar-refractivity contribution < 1.29 is 9.15 Å². The molecule has 1 aromatic rings. The third-order valence-electron chi connectivity index (χ3n) is 4.15. The number of aryl methyl sites for hydroxylation is 1. The molecule has 1 atom stereocenters. The first-order chi connectivity index (χ1) is 9.05. The van der Waals surface area contributed by atoms with Crippen molar-refractivity contribution in [3.63, 3.8) is 0 Å². The second-order valence-electron chi connectivity index (χ2n) is 6.56. The maximum absolute atomic E-state index is 5.93. The summed E-state index contributed by atoms with van der Waals surface area (Å²) in [5.41, 5.74) is 0.419. The van der Waals surface area contributed by atoms with Crippen molar-refractivity contribution in [2.24, 2.45) is 5.41 Å². The molecule has 19 heavy (non-hydrogen) atoms. The molecule has 4 heteroatoms. The zero-order chi connectivity index (χ0) is 13.5. The highest BCUT2D eigenvalue weighted by Crippen LogP contribution is 2.41. The van der Waals surface area contributed by atoms with Crippen LogP contribution >= 0.6 is 0 Å². The predicted molar refractivity (Wildman–Crippen MR) is 74.1 cm³/mol. The molecule has 3 rings (SSSR count). The molecule has 0 amide bonds. The molecule has 2 aliphatic heterocycles. The van der Waals surface area contributed by atoms with E-state index in [0.29, 0.717) is 11.5 Å². The summed E-state index contributed by atoms with van der Waals surface area (Å²) in [6.45, 7) is 7.21. The van der Waals surface area contributed by atoms with Crippen LogP contribution in [-0.2, 0) is 11.3 Å². The quantitative estimate of drug-likeness (QED) is 0.828. The number of ether oxygens (including phenoxy) is 1. The first kappa shape index (κ1) is 13.2. The highest BCUT2D eigenvalue weighted by molar-refractivity contribution is 5.08. The van der Waals surface area contributed by atoms with Crippen molar-refractivity contribution in [1.29, 1.82) is 0 Å². The maximum Gasteiger partial charge on any atom is 0.118 e. The molecule has 0 unspecified atom stereocenters. The summed E-state index contributed by atoms with van der Waals surface area (Å²) >= 11 is 0. The van der Waals surface area contributed by atoms with Crippen molar-refractivity contribution in [3.05, 3.63) is 23.7 Å². The van der Waals surface area contributed by atoms with Crippen molar-refractivity contribution in [1.82, 2.24) is 9.80 Å². The smallest absolute Gasteiger partial charge is 0.118 e. The standard InChI is InChI=1S/C15H24N2O2/c1-12-4-5-13(19-12)8-17-9-15(10-17)6-14(18-11-15)7-16(2)3/h4-5,14H,6-11H2,1-3H3/t14-/m0/s1. The average Bonchev–Trinajstić information content (AvgIpc) is 2.85. The molecular formula is C15H24N2O2. The van der Waals surface area contributed by atoms with Crippen LogP contribution in [0.4, 0.5) is 0 Å². The van der Waals surface area contributed by atoms with Gasteiger partial charge in [0.1, 0.15) is 11.5 Å². The molecule has 0 aromatic carbocycles. The monoisotopic (exact) mass is 264 g/mol. The molecule has 2 aliphatic rings. The van der Waals surface area contributed by atoms with Gasteiger partial charge in [-0.15, -0.1) is 0 Å². The third-order valence-corrected chi connectivity index (χ3v) is 4.15. The molecule has 0 aliphatic carbocycles. The van der Waals surface area contributed by atoms with Crippen molar-refractivity contribution in [2.45, 2.75) is 26.0 Å². The van der Waals surface area contributed by atoms with Crippen molar-refractivity contribution in [2.75, 3.05) is 40.3 Å². The zero-order valence-electron chi connectivity index (χ0n) is 12.2. The second kappa shape index (κ2) is 4.93. The number of furan rings is 1. The van der Waals surface area contributed by atoms with Gasteiger partial charge in [-0.1, -0.05) is 0 Å². The van der Waals surface area contributed by atoms with Gasteiger partial charge in [0.2, 0.25) is 0 Å². The van der Waals surface area contributed by atoms with Gasteiger partial charge in [0.15, 0.2) is 0 Å². The average molecular weight is 264 g/mol. The Balaban J connectivity index is 1.47. The Morgan fingerprint density at radius 1 is 1.37 bits per heavy atom. The molecule has 0 saturated carbocycles. The molecule has 0 radical (unpaired) electrons. The van der Waals surface area contributed by atoms with Crippen LogP contribution in [0.3, 0.4) is 0 Å². The number of hydrogen-bond acceptors (Lipinski definition) is 4. The fourth-order valence-corrected chi connectivity index (χ4v) is 3.45. The SMILES string of the molecule is Cc1ccc(CN2CC3(CO[C@H](CN(C)C)C3)C2)o1. The van der Waals surface area contributed by atoms with Crippen LogP contribution in [0.1, 0.15) is 17.9 Å². The molecule has 0 bridgehead atoms. The first-order valence-electron chi connectivity index (χ1n) is 7.09. The summed E-state index contributed by atoms with van der Waals surface area (Å²) in [5, 5.41) is 0. The lowest BCUT2D eigenvalue weighted by Gasteiger charge is -2.47. The Labute approximate surface area is 115 Å². The van der Waals surface area contributed by atoms with E-state index in [1.165, 1.54) is 6.42 Å². The predicted octanol–water partition coefficient (Wildman–Crippen LogP) is 1.74. The minimum atomic E-state index is 0.419. The van der Waals surface area contributed by atoms with E-state index in [2.05, 4.69) is 30.0 Å². The van der Waals surface area contributed by atoms with E-state index in [0.717, 1.165) is 44.3 Å². The third kappa shape index (κ3) is 2.86. The number of likely N-dealkylation sites (N-methyl/N-ethyl adjacent to an activating group) is 1. The fraction of sp³-hybridized carbons (Fsp3) is 0.733. The van der Waals surface area contributed by atoms with Gasteiger partial charge in [-0.25, -0.2) is 0 Å². The summed E-state index contributed by atoms with van der Waals surface area (Å²) in [6.07, 6.45) is 1.63. The lowest BCUT2D eigenvalue weighted by molar-refractivity contribution is -0.0181. The minimum Gasteiger partial charge on any atom is -0.465 e. The molecule has 106 valence electrons. The van der Waals surface area contributed by atoms with Crippen LogP contribution in [0.25, 0.3) is 0 Å². The fourth-order valence-electron chi connectivity index (χ4n) is 3.45. The molecular weight excluding hydrogens is 240 g/mol. The molecule has 0 N–H and O–H groups in total. The van der Waals surface area contributed by atoms with Gasteiger partial charge in [-0.3, -0.25) is 4.90 Å². The Morgan fingerprint density at radius 2 is 2.16 bits per heavy atom. The summed E-state index contributed by atoms with van der Waals surface area (Å²) in [6, 6.07) is 4.12. The van der Waals surface area contributed by atoms with E-state index in [9.17, 15) is 0 Å². The van der Waals surface area contributed by atoms with Crippen LogP contribution in [0.2, 0.25) is 0 Å². The Hall–Kier alpha value is -0.840. The van der Waals surface area contributed by atoms with Crippen LogP contribution in [-0.4, -0.2) is 56.2 Å². The van der Waals surface area contributed by atoms with Gasteiger partial charge >= 0.3 is 0 Å². The highest BCUT2D eigenvalue weighted by atomic mass is 16.5. The molecule has 2 saturated heterocycles. The van der Waals surface area contributed by atoms with E-state index in [1.54, 1.807) is 0 Å². The summed E-state index contributed by atoms with van der Waals surface area (Å²) in [4.78, 5) is 4.67. The first-order valence-corrected chi connectivity index (χ1v) is 7.09. The normalized spacial score (nSPS) is 26.2. The van der Waals surface area contributed by atoms with Crippen LogP contribution < -0.4 is 0 Å². The van der Waals surface area contributed by atoms with Crippen LogP contribution in [0.5, 0.6) is 0 Å². The second-order valence-corrected chi connectivity index (χ2v) is 6.56. The lowest BCUT2D eigenvalue weighted by Crippen LogP contribution is -2.56. The van der Waals surface area contributed by atoms with Gasteiger partial charge in [-0.2, -0.15) is 0 Å². The van der Waals surface area contributed by atoms with Crippen molar-refractivity contribution in [3.8, 4) is 0 Å². The minimum absolute atomic E-state index is 0.419. The van der Waals surface area contributed by atoms with E-state index in [1.807, 2.05) is 13.0 Å². The van der Waals surface area contributed by atoms with Gasteiger partial charge in [0.05, 0.1) is 19.3 Å². The van der Waals surface area contributed by atoms with Crippen LogP contribution in [0, 0.1) is 12.3 Å². The zero-order valence-corrected chi connectivity index (χ0v) is 12.2. The summed E-state index contributed by atoms with van der Waals surface area (Å²) < 4.78 is 11.6. The van der Waals surface area contributed by atoms with Gasteiger partial charge in [-0.05, 0) is 39.6 Å². The van der Waals surface area contributed by atoms with Gasteiger partial charge in [0.25, 0.3) is 0 Å². The number of likely N-dealkylation sites (tertiary alicyclic amines) is 1. The molecule has 2 fully saturated rings. The van der Waals surface area contributed by atoms with E-state index in [4.69, 9.17) is 9.15 Å². The topological polar surface area (TPSA) is 28.9 Å². The maximum atomic E-state index is 5.93. The summed E-state index contributed by atoms with van der Waals surface area (Å²) in [5.74, 6) is 2.08. The highest BCUT2D eigenvalue weighted by Gasteiger charge is 2.48. The van der Waals surface area contributed by atoms with E-state index >= 15 is 0 Å². The Morgan fingerprint density at radius 3 is 2.79 bits per heavy atom. The lowest BCUT2D eigenvalue weighted by atomic mass is 9.78.